The fraction of sp³-hybridized carbons (Fsp3) is 0.222. The monoisotopic (exact) mass is 615 g/mol. The summed E-state index contributed by atoms with van der Waals surface area (Å²) < 4.78 is 30.0. The van der Waals surface area contributed by atoms with Crippen LogP contribution in [0.2, 0.25) is 0 Å². The highest BCUT2D eigenvalue weighted by Crippen LogP contribution is 2.38. The molecule has 226 valence electrons. The van der Waals surface area contributed by atoms with Crippen molar-refractivity contribution >= 4 is 43.3 Å². The van der Waals surface area contributed by atoms with Crippen molar-refractivity contribution in [3.05, 3.63) is 115 Å². The number of piperidine rings is 1. The molecular formula is C36H33N5O3S. The minimum Gasteiger partial charge on any atom is -0.392 e. The number of aromatic nitrogens is 3. The molecule has 8 nitrogen and oxygen atoms in total. The van der Waals surface area contributed by atoms with Gasteiger partial charge in [0.15, 0.2) is 5.82 Å². The molecule has 4 aromatic carbocycles. The molecule has 2 aliphatic rings. The lowest BCUT2D eigenvalue weighted by Gasteiger charge is -2.35. The minimum atomic E-state index is -4.04. The highest BCUT2D eigenvalue weighted by atomic mass is 32.2. The number of aromatic amines is 1. The smallest absolute Gasteiger partial charge is 0.269 e. The summed E-state index contributed by atoms with van der Waals surface area (Å²) in [6.07, 6.45) is 6.10. The van der Waals surface area contributed by atoms with Crippen molar-refractivity contribution in [2.45, 2.75) is 36.3 Å². The number of H-pyrrole nitrogens is 1. The van der Waals surface area contributed by atoms with Crippen LogP contribution in [0, 0.1) is 5.92 Å². The summed E-state index contributed by atoms with van der Waals surface area (Å²) in [5.74, 6) is 0.849. The number of benzene rings is 4. The first kappa shape index (κ1) is 27.9. The number of nitrogens with one attached hydrogen (secondary N) is 1. The Labute approximate surface area is 262 Å². The fourth-order valence-electron chi connectivity index (χ4n) is 7.18. The number of aliphatic hydroxyl groups is 1. The quantitative estimate of drug-likeness (QED) is 0.219. The standard InChI is InChI=1S/C36H33N5O3S/c42-30-20-28-15-17-40(22-30)35(28)18-24-6-8-25(9-7-24)26-10-12-34-32(21-26)36(39-23-38-34)41(45(43,44)31-4-2-1-3-5-31)29-11-13-33-27(19-29)14-16-37-33/h1-14,16,19,21,23,28,30,35,37,42H,15,17-18,20,22H2. The van der Waals surface area contributed by atoms with Crippen LogP contribution in [0.3, 0.4) is 0 Å². The van der Waals surface area contributed by atoms with Crippen LogP contribution in [0.25, 0.3) is 32.9 Å². The molecule has 4 atom stereocenters. The average Bonchev–Trinajstić information content (AvgIpc) is 3.62. The molecular weight excluding hydrogens is 582 g/mol. The van der Waals surface area contributed by atoms with E-state index in [2.05, 4.69) is 44.1 Å². The van der Waals surface area contributed by atoms with Gasteiger partial charge in [0.25, 0.3) is 10.0 Å². The summed E-state index contributed by atoms with van der Waals surface area (Å²) in [5, 5.41) is 11.7. The van der Waals surface area contributed by atoms with E-state index in [0.29, 0.717) is 34.4 Å². The number of nitrogens with zero attached hydrogens (tertiary/aromatic N) is 4. The van der Waals surface area contributed by atoms with Crippen LogP contribution in [-0.4, -0.2) is 58.6 Å². The Bertz CT molecular complexity index is 2100. The van der Waals surface area contributed by atoms with Crippen molar-refractivity contribution in [3.8, 4) is 11.1 Å². The van der Waals surface area contributed by atoms with Crippen LogP contribution in [-0.2, 0) is 16.4 Å². The largest absolute Gasteiger partial charge is 0.392 e. The van der Waals surface area contributed by atoms with Gasteiger partial charge in [-0.2, -0.15) is 0 Å². The highest BCUT2D eigenvalue weighted by Gasteiger charge is 2.40. The van der Waals surface area contributed by atoms with Gasteiger partial charge in [-0.15, -0.1) is 0 Å². The first-order chi connectivity index (χ1) is 21.9. The highest BCUT2D eigenvalue weighted by molar-refractivity contribution is 7.93. The molecule has 8 rings (SSSR count). The zero-order chi connectivity index (χ0) is 30.5. The molecule has 2 aromatic heterocycles. The van der Waals surface area contributed by atoms with Gasteiger partial charge in [-0.3, -0.25) is 4.90 Å². The van der Waals surface area contributed by atoms with Crippen molar-refractivity contribution in [1.29, 1.82) is 0 Å². The van der Waals surface area contributed by atoms with Gasteiger partial charge in [-0.05, 0) is 96.9 Å². The van der Waals surface area contributed by atoms with Crippen molar-refractivity contribution in [3.63, 3.8) is 0 Å². The Kier molecular flexibility index (Phi) is 6.89. The first-order valence-electron chi connectivity index (χ1n) is 15.4. The Morgan fingerprint density at radius 3 is 2.56 bits per heavy atom. The summed E-state index contributed by atoms with van der Waals surface area (Å²) >= 11 is 0. The van der Waals surface area contributed by atoms with Crippen molar-refractivity contribution in [1.82, 2.24) is 19.9 Å². The maximum absolute atomic E-state index is 14.3. The SMILES string of the molecule is O=S(=O)(c1ccccc1)N(c1ccc2[nH]ccc2c1)c1ncnc2ccc(-c3ccc(CC4C5CCN4CC(O)C5)cc3)cc12. The second kappa shape index (κ2) is 11.1. The molecule has 0 aliphatic carbocycles. The second-order valence-electron chi connectivity index (χ2n) is 12.2. The minimum absolute atomic E-state index is 0.176. The normalized spacial score (nSPS) is 21.4. The molecule has 4 heterocycles. The maximum atomic E-state index is 14.3. The van der Waals surface area contributed by atoms with E-state index in [1.54, 1.807) is 36.4 Å². The van der Waals surface area contributed by atoms with E-state index in [4.69, 9.17) is 0 Å². The van der Waals surface area contributed by atoms with Gasteiger partial charge in [0.2, 0.25) is 0 Å². The third-order valence-corrected chi connectivity index (χ3v) is 11.1. The Hall–Kier alpha value is -4.57. The van der Waals surface area contributed by atoms with E-state index >= 15 is 0 Å². The molecule has 4 unspecified atom stereocenters. The molecule has 6 aromatic rings. The topological polar surface area (TPSA) is 102 Å². The van der Waals surface area contributed by atoms with Crippen LogP contribution in [0.4, 0.5) is 11.5 Å². The van der Waals surface area contributed by atoms with Crippen molar-refractivity contribution < 1.29 is 13.5 Å². The van der Waals surface area contributed by atoms with Crippen molar-refractivity contribution in [2.24, 2.45) is 5.92 Å². The number of aliphatic hydroxyl groups excluding tert-OH is 1. The summed E-state index contributed by atoms with van der Waals surface area (Å²) in [6, 6.07) is 31.0. The molecule has 9 heteroatoms. The van der Waals surface area contributed by atoms with Crippen LogP contribution in [0.15, 0.2) is 114 Å². The predicted molar refractivity (Wildman–Crippen MR) is 177 cm³/mol. The van der Waals surface area contributed by atoms with E-state index in [-0.39, 0.29) is 11.0 Å². The third-order valence-electron chi connectivity index (χ3n) is 9.41. The second-order valence-corrected chi connectivity index (χ2v) is 13.9. The molecule has 0 saturated carbocycles. The number of rotatable bonds is 7. The van der Waals surface area contributed by atoms with Gasteiger partial charge in [-0.1, -0.05) is 48.5 Å². The number of anilines is 2. The zero-order valence-corrected chi connectivity index (χ0v) is 25.4. The van der Waals surface area contributed by atoms with Crippen LogP contribution < -0.4 is 4.31 Å². The summed E-state index contributed by atoms with van der Waals surface area (Å²) in [5.41, 5.74) is 5.32. The molecule has 2 N–H and O–H groups in total. The summed E-state index contributed by atoms with van der Waals surface area (Å²) in [6.45, 7) is 1.85. The van der Waals surface area contributed by atoms with E-state index in [1.807, 2.05) is 42.6 Å². The molecule has 0 spiro atoms. The lowest BCUT2D eigenvalue weighted by Crippen LogP contribution is -2.45. The van der Waals surface area contributed by atoms with Gasteiger partial charge < -0.3 is 10.1 Å². The summed E-state index contributed by atoms with van der Waals surface area (Å²) in [4.78, 5) is 14.9. The van der Waals surface area contributed by atoms with E-state index in [9.17, 15) is 13.5 Å². The Balaban J connectivity index is 1.18. The third kappa shape index (κ3) is 5.07. The lowest BCUT2D eigenvalue weighted by atomic mass is 9.86. The fourth-order valence-corrected chi connectivity index (χ4v) is 8.66. The van der Waals surface area contributed by atoms with Gasteiger partial charge in [-0.25, -0.2) is 22.7 Å². The molecule has 2 saturated heterocycles. The molecule has 0 amide bonds. The lowest BCUT2D eigenvalue weighted by molar-refractivity contribution is 0.0432. The number of sulfonamides is 1. The van der Waals surface area contributed by atoms with Gasteiger partial charge in [0, 0.05) is 35.1 Å². The van der Waals surface area contributed by atoms with E-state index in [1.165, 1.54) is 16.2 Å². The molecule has 2 bridgehead atoms. The van der Waals surface area contributed by atoms with Gasteiger partial charge >= 0.3 is 0 Å². The first-order valence-corrected chi connectivity index (χ1v) is 16.8. The van der Waals surface area contributed by atoms with Gasteiger partial charge in [0.1, 0.15) is 6.33 Å². The number of fused-ring (bicyclic) bond motifs is 4. The molecule has 0 radical (unpaired) electrons. The average molecular weight is 616 g/mol. The van der Waals surface area contributed by atoms with Crippen LogP contribution in [0.1, 0.15) is 18.4 Å². The molecule has 45 heavy (non-hydrogen) atoms. The molecule has 2 fully saturated rings. The van der Waals surface area contributed by atoms with E-state index < -0.39 is 10.0 Å². The summed E-state index contributed by atoms with van der Waals surface area (Å²) in [7, 11) is -4.04. The van der Waals surface area contributed by atoms with Crippen LogP contribution >= 0.6 is 0 Å². The number of hydrogen-bond donors (Lipinski definition) is 2. The van der Waals surface area contributed by atoms with E-state index in [0.717, 1.165) is 54.4 Å². The predicted octanol–water partition coefficient (Wildman–Crippen LogP) is 6.30. The maximum Gasteiger partial charge on any atom is 0.269 e. The Morgan fingerprint density at radius 2 is 1.73 bits per heavy atom. The molecule has 2 aliphatic heterocycles. The van der Waals surface area contributed by atoms with Gasteiger partial charge in [0.05, 0.1) is 22.2 Å². The van der Waals surface area contributed by atoms with Crippen molar-refractivity contribution in [2.75, 3.05) is 17.4 Å². The zero-order valence-electron chi connectivity index (χ0n) is 24.6. The number of hydrogen-bond acceptors (Lipinski definition) is 6. The van der Waals surface area contributed by atoms with Crippen LogP contribution in [0.5, 0.6) is 0 Å². The Morgan fingerprint density at radius 1 is 0.911 bits per heavy atom.